The predicted octanol–water partition coefficient (Wildman–Crippen LogP) is 0.424. The van der Waals surface area contributed by atoms with E-state index in [9.17, 15) is 35.1 Å². The number of phenolic OH excluding ortho intramolecular Hbond substituents is 2. The van der Waals surface area contributed by atoms with Crippen LogP contribution < -0.4 is 5.73 Å². The molecule has 10 heteroatoms. The summed E-state index contributed by atoms with van der Waals surface area (Å²) in [4.78, 5) is 26.5. The van der Waals surface area contributed by atoms with Crippen LogP contribution in [-0.2, 0) is 15.9 Å². The molecule has 0 aromatic heterocycles. The van der Waals surface area contributed by atoms with Crippen LogP contribution in [0.4, 0.5) is 0 Å². The molecular weight excluding hydrogens is 458 g/mol. The third kappa shape index (κ3) is 3.65. The van der Waals surface area contributed by atoms with Gasteiger partial charge in [-0.1, -0.05) is 24.3 Å². The molecule has 0 radical (unpaired) electrons. The van der Waals surface area contributed by atoms with Gasteiger partial charge >= 0.3 is 0 Å². The summed E-state index contributed by atoms with van der Waals surface area (Å²) < 4.78 is 11.8. The van der Waals surface area contributed by atoms with Crippen LogP contribution in [0.5, 0.6) is 11.5 Å². The molecular formula is C25H27NO9. The summed E-state index contributed by atoms with van der Waals surface area (Å²) in [6.07, 6.45) is -4.06. The molecule has 2 aromatic carbocycles. The van der Waals surface area contributed by atoms with Gasteiger partial charge < -0.3 is 40.7 Å². The first-order valence-electron chi connectivity index (χ1n) is 11.4. The minimum absolute atomic E-state index is 0.00399. The van der Waals surface area contributed by atoms with E-state index in [1.807, 2.05) is 0 Å². The van der Waals surface area contributed by atoms with Gasteiger partial charge in [0.05, 0.1) is 47.7 Å². The highest BCUT2D eigenvalue weighted by atomic mass is 16.7. The lowest BCUT2D eigenvalue weighted by molar-refractivity contribution is -0.245. The van der Waals surface area contributed by atoms with E-state index >= 15 is 0 Å². The lowest BCUT2D eigenvalue weighted by Gasteiger charge is -2.42. The quantitative estimate of drug-likeness (QED) is 0.285. The third-order valence-corrected chi connectivity index (χ3v) is 7.25. The molecule has 35 heavy (non-hydrogen) atoms. The number of phenols is 2. The van der Waals surface area contributed by atoms with Crippen molar-refractivity contribution in [2.45, 2.75) is 62.4 Å². The number of nitrogens with two attached hydrogens (primary N) is 1. The molecule has 1 fully saturated rings. The van der Waals surface area contributed by atoms with Gasteiger partial charge in [0.15, 0.2) is 17.9 Å². The summed E-state index contributed by atoms with van der Waals surface area (Å²) in [5, 5.41) is 53.6. The zero-order chi connectivity index (χ0) is 25.2. The fourth-order valence-electron chi connectivity index (χ4n) is 5.32. The molecule has 0 spiro atoms. The smallest absolute Gasteiger partial charge is 0.198 e. The number of aliphatic hydroxyl groups excluding tert-OH is 2. The van der Waals surface area contributed by atoms with Gasteiger partial charge in [-0.05, 0) is 6.92 Å². The van der Waals surface area contributed by atoms with Gasteiger partial charge in [-0.15, -0.1) is 0 Å². The van der Waals surface area contributed by atoms with Crippen molar-refractivity contribution in [3.05, 3.63) is 57.6 Å². The molecule has 1 heterocycles. The van der Waals surface area contributed by atoms with E-state index in [4.69, 9.17) is 15.2 Å². The minimum Gasteiger partial charge on any atom is -0.507 e. The highest BCUT2D eigenvalue weighted by Gasteiger charge is 2.47. The van der Waals surface area contributed by atoms with Crippen LogP contribution in [0, 0.1) is 0 Å². The van der Waals surface area contributed by atoms with E-state index in [1.165, 1.54) is 12.1 Å². The molecule has 2 aromatic rings. The maximum Gasteiger partial charge on any atom is 0.198 e. The Bertz CT molecular complexity index is 1220. The van der Waals surface area contributed by atoms with E-state index in [0.717, 1.165) is 0 Å². The molecule has 2 aliphatic carbocycles. The van der Waals surface area contributed by atoms with Crippen molar-refractivity contribution >= 4 is 11.6 Å². The normalized spacial score (nSPS) is 32.1. The van der Waals surface area contributed by atoms with Crippen LogP contribution in [0.25, 0.3) is 0 Å². The SMILES string of the molecule is C[C@@H]1O[C@@H](O[C@H]2C[C@](O)(CO)Cc3c(O)c4c(c(O)c32)C(=O)c2ccccc2C4=O)C[C@H](O)[C@@H]1N. The van der Waals surface area contributed by atoms with Gasteiger partial charge in [0.1, 0.15) is 11.5 Å². The van der Waals surface area contributed by atoms with E-state index in [1.54, 1.807) is 19.1 Å². The maximum absolute atomic E-state index is 13.3. The Hall–Kier alpha value is -2.86. The monoisotopic (exact) mass is 485 g/mol. The number of benzene rings is 2. The Morgan fingerprint density at radius 2 is 1.71 bits per heavy atom. The van der Waals surface area contributed by atoms with Crippen LogP contribution in [0.1, 0.15) is 68.8 Å². The zero-order valence-corrected chi connectivity index (χ0v) is 19.0. The number of carbonyl (C=O) groups excluding carboxylic acids is 2. The van der Waals surface area contributed by atoms with Crippen molar-refractivity contribution < 1.29 is 44.6 Å². The predicted molar refractivity (Wildman–Crippen MR) is 120 cm³/mol. The second-order valence-corrected chi connectivity index (χ2v) is 9.58. The van der Waals surface area contributed by atoms with E-state index in [-0.39, 0.29) is 52.6 Å². The van der Waals surface area contributed by atoms with Gasteiger partial charge in [-0.25, -0.2) is 0 Å². The Labute approximate surface area is 200 Å². The van der Waals surface area contributed by atoms with Gasteiger partial charge in [-0.2, -0.15) is 0 Å². The number of carbonyl (C=O) groups is 2. The number of ketones is 2. The fourth-order valence-corrected chi connectivity index (χ4v) is 5.32. The minimum atomic E-state index is -1.75. The highest BCUT2D eigenvalue weighted by molar-refractivity contribution is 6.30. The second-order valence-electron chi connectivity index (χ2n) is 9.58. The summed E-state index contributed by atoms with van der Waals surface area (Å²) in [6.45, 7) is 0.985. The number of aromatic hydroxyl groups is 2. The van der Waals surface area contributed by atoms with Gasteiger partial charge in [0, 0.05) is 41.5 Å². The Balaban J connectivity index is 1.64. The van der Waals surface area contributed by atoms with Crippen LogP contribution in [0.2, 0.25) is 0 Å². The second kappa shape index (κ2) is 8.37. The Kier molecular flexibility index (Phi) is 5.71. The van der Waals surface area contributed by atoms with Crippen molar-refractivity contribution in [3.8, 4) is 11.5 Å². The molecule has 186 valence electrons. The average molecular weight is 485 g/mol. The molecule has 0 unspecified atom stereocenters. The number of hydrogen-bond donors (Lipinski definition) is 6. The first-order valence-corrected chi connectivity index (χ1v) is 11.4. The van der Waals surface area contributed by atoms with E-state index < -0.39 is 65.9 Å². The maximum atomic E-state index is 13.3. The molecule has 7 N–H and O–H groups in total. The van der Waals surface area contributed by atoms with Crippen molar-refractivity contribution in [2.24, 2.45) is 5.73 Å². The molecule has 10 nitrogen and oxygen atoms in total. The summed E-state index contributed by atoms with van der Waals surface area (Å²) in [5.74, 6) is -2.35. The zero-order valence-electron chi connectivity index (χ0n) is 19.0. The highest BCUT2D eigenvalue weighted by Crippen LogP contribution is 2.51. The largest absolute Gasteiger partial charge is 0.507 e. The molecule has 3 aliphatic rings. The average Bonchev–Trinajstić information content (AvgIpc) is 2.83. The summed E-state index contributed by atoms with van der Waals surface area (Å²) >= 11 is 0. The Morgan fingerprint density at radius 3 is 2.29 bits per heavy atom. The standard InChI is InChI=1S/C25H27NO9/c1-10-20(26)14(28)6-16(34-10)35-15-8-25(33,9-27)7-13-17(15)24(32)19-18(23(13)31)21(29)11-4-2-3-5-12(11)22(19)30/h2-5,10,14-16,20,27-28,31-33H,6-9,26H2,1H3/t10-,14-,15-,16-,20+,25-/m0/s1. The molecule has 5 rings (SSSR count). The van der Waals surface area contributed by atoms with Gasteiger partial charge in [0.25, 0.3) is 0 Å². The number of rotatable bonds is 3. The van der Waals surface area contributed by atoms with Crippen LogP contribution >= 0.6 is 0 Å². The van der Waals surface area contributed by atoms with Crippen molar-refractivity contribution in [2.75, 3.05) is 6.61 Å². The van der Waals surface area contributed by atoms with E-state index in [0.29, 0.717) is 0 Å². The van der Waals surface area contributed by atoms with Crippen LogP contribution in [0.15, 0.2) is 24.3 Å². The first kappa shape index (κ1) is 23.9. The van der Waals surface area contributed by atoms with Crippen molar-refractivity contribution in [1.29, 1.82) is 0 Å². The van der Waals surface area contributed by atoms with Crippen LogP contribution in [-0.4, -0.2) is 73.8 Å². The number of hydrogen-bond acceptors (Lipinski definition) is 10. The Morgan fingerprint density at radius 1 is 1.11 bits per heavy atom. The number of fused-ring (bicyclic) bond motifs is 3. The summed E-state index contributed by atoms with van der Waals surface area (Å²) in [5.41, 5.74) is 3.68. The van der Waals surface area contributed by atoms with Crippen LogP contribution in [0.3, 0.4) is 0 Å². The van der Waals surface area contributed by atoms with Crippen molar-refractivity contribution in [1.82, 2.24) is 0 Å². The molecule has 1 saturated heterocycles. The first-order chi connectivity index (χ1) is 16.6. The lowest BCUT2D eigenvalue weighted by atomic mass is 9.73. The number of ether oxygens (including phenoxy) is 2. The fraction of sp³-hybridized carbons (Fsp3) is 0.440. The van der Waals surface area contributed by atoms with E-state index in [2.05, 4.69) is 0 Å². The topological polar surface area (TPSA) is 180 Å². The molecule has 6 atom stereocenters. The third-order valence-electron chi connectivity index (χ3n) is 7.25. The molecule has 0 bridgehead atoms. The number of aliphatic hydroxyl groups is 3. The van der Waals surface area contributed by atoms with Gasteiger partial charge in [-0.3, -0.25) is 9.59 Å². The molecule has 0 saturated carbocycles. The summed E-state index contributed by atoms with van der Waals surface area (Å²) in [6, 6.07) is 5.48. The van der Waals surface area contributed by atoms with Crippen molar-refractivity contribution in [3.63, 3.8) is 0 Å². The lowest BCUT2D eigenvalue weighted by Crippen LogP contribution is -2.53. The summed E-state index contributed by atoms with van der Waals surface area (Å²) in [7, 11) is 0. The molecule has 1 aliphatic heterocycles. The molecule has 0 amide bonds. The van der Waals surface area contributed by atoms with Gasteiger partial charge in [0.2, 0.25) is 0 Å².